The van der Waals surface area contributed by atoms with Crippen molar-refractivity contribution in [3.05, 3.63) is 12.2 Å². The summed E-state index contributed by atoms with van der Waals surface area (Å²) in [6, 6.07) is 0. The number of rotatable bonds is 0. The van der Waals surface area contributed by atoms with Gasteiger partial charge in [0.1, 0.15) is 6.71 Å². The summed E-state index contributed by atoms with van der Waals surface area (Å²) in [4.78, 5) is 0. The minimum absolute atomic E-state index is 0.935. The highest BCUT2D eigenvalue weighted by Gasteiger charge is 2.04. The lowest BCUT2D eigenvalue weighted by Crippen LogP contribution is -1.95. The van der Waals surface area contributed by atoms with Gasteiger partial charge in [-0.3, -0.25) is 0 Å². The van der Waals surface area contributed by atoms with E-state index in [1.807, 2.05) is 0 Å². The molecule has 0 atom stereocenters. The lowest BCUT2D eigenvalue weighted by atomic mass is 9.50. The minimum atomic E-state index is 0.935. The van der Waals surface area contributed by atoms with Crippen LogP contribution < -0.4 is 0 Å². The second-order valence-corrected chi connectivity index (χ2v) is 2.05. The Balaban J connectivity index is 2.32. The molecule has 0 aliphatic carbocycles. The molecule has 1 heteroatoms. The smallest absolute Gasteiger partial charge is 0.0964 e. The first-order chi connectivity index (χ1) is 2.89. The van der Waals surface area contributed by atoms with Crippen molar-refractivity contribution in [3.8, 4) is 0 Å². The fourth-order valence-corrected chi connectivity index (χ4v) is 0.753. The molecular formula is C5H9B. The van der Waals surface area contributed by atoms with Crippen LogP contribution in [0.2, 0.25) is 19.5 Å². The molecule has 0 nitrogen and oxygen atoms in total. The van der Waals surface area contributed by atoms with Crippen LogP contribution in [0.3, 0.4) is 0 Å². The largest absolute Gasteiger partial charge is 0.144 e. The molecule has 0 bridgehead atoms. The van der Waals surface area contributed by atoms with Crippen LogP contribution in [0.5, 0.6) is 0 Å². The van der Waals surface area contributed by atoms with Crippen molar-refractivity contribution in [1.29, 1.82) is 0 Å². The molecule has 0 aromatic rings. The molecule has 0 aromatic carbocycles. The van der Waals surface area contributed by atoms with Crippen molar-refractivity contribution in [1.82, 2.24) is 0 Å². The number of allylic oxidation sites excluding steroid dienone is 2. The summed E-state index contributed by atoms with van der Waals surface area (Å²) in [6.07, 6.45) is 7.12. The van der Waals surface area contributed by atoms with E-state index in [0.717, 1.165) is 6.71 Å². The average molecular weight is 79.9 g/mol. The van der Waals surface area contributed by atoms with Crippen LogP contribution in [-0.2, 0) is 0 Å². The van der Waals surface area contributed by atoms with Gasteiger partial charge in [-0.2, -0.15) is 0 Å². The quantitative estimate of drug-likeness (QED) is 0.306. The molecule has 1 aliphatic rings. The summed E-state index contributed by atoms with van der Waals surface area (Å²) < 4.78 is 0. The SMILES string of the molecule is CB1CC=CC1. The summed E-state index contributed by atoms with van der Waals surface area (Å²) in [5, 5.41) is 0. The number of hydrogen-bond acceptors (Lipinski definition) is 0. The Morgan fingerprint density at radius 3 is 2.00 bits per heavy atom. The van der Waals surface area contributed by atoms with Crippen LogP contribution in [0.15, 0.2) is 12.2 Å². The van der Waals surface area contributed by atoms with Gasteiger partial charge in [0.25, 0.3) is 0 Å². The van der Waals surface area contributed by atoms with Gasteiger partial charge >= 0.3 is 0 Å². The maximum atomic E-state index is 2.28. The molecule has 0 N–H and O–H groups in total. The second-order valence-electron chi connectivity index (χ2n) is 2.05. The predicted octanol–water partition coefficient (Wildman–Crippen LogP) is 1.68. The van der Waals surface area contributed by atoms with Gasteiger partial charge in [-0.25, -0.2) is 0 Å². The van der Waals surface area contributed by atoms with Crippen LogP contribution >= 0.6 is 0 Å². The third kappa shape index (κ3) is 0.646. The lowest BCUT2D eigenvalue weighted by molar-refractivity contribution is 1.66. The Morgan fingerprint density at radius 2 is 1.83 bits per heavy atom. The molecule has 1 aliphatic heterocycles. The van der Waals surface area contributed by atoms with Gasteiger partial charge in [0, 0.05) is 0 Å². The third-order valence-electron chi connectivity index (χ3n) is 1.24. The molecule has 0 aromatic heterocycles. The Bertz CT molecular complexity index is 58.3. The first-order valence-corrected chi connectivity index (χ1v) is 2.54. The molecule has 1 heterocycles. The first-order valence-electron chi connectivity index (χ1n) is 2.54. The molecule has 32 valence electrons. The second kappa shape index (κ2) is 1.50. The number of hydrogen-bond donors (Lipinski definition) is 0. The molecule has 0 saturated heterocycles. The van der Waals surface area contributed by atoms with E-state index in [1.165, 1.54) is 12.6 Å². The summed E-state index contributed by atoms with van der Waals surface area (Å²) in [5.74, 6) is 0. The van der Waals surface area contributed by atoms with Crippen LogP contribution in [0.1, 0.15) is 0 Å². The van der Waals surface area contributed by atoms with Crippen LogP contribution in [0.25, 0.3) is 0 Å². The molecule has 0 saturated carbocycles. The molecule has 6 heavy (non-hydrogen) atoms. The van der Waals surface area contributed by atoms with Crippen LogP contribution in [-0.4, -0.2) is 6.71 Å². The molecule has 1 rings (SSSR count). The fraction of sp³-hybridized carbons (Fsp3) is 0.600. The molecule has 0 unspecified atom stereocenters. The molecular weight excluding hydrogens is 70.9 g/mol. The van der Waals surface area contributed by atoms with Gasteiger partial charge in [-0.1, -0.05) is 31.6 Å². The molecule has 0 amide bonds. The van der Waals surface area contributed by atoms with E-state index >= 15 is 0 Å². The first kappa shape index (κ1) is 3.98. The van der Waals surface area contributed by atoms with Crippen LogP contribution in [0.4, 0.5) is 0 Å². The van der Waals surface area contributed by atoms with Crippen LogP contribution in [0, 0.1) is 0 Å². The zero-order valence-corrected chi connectivity index (χ0v) is 4.15. The van der Waals surface area contributed by atoms with Crippen molar-refractivity contribution >= 4 is 6.71 Å². The van der Waals surface area contributed by atoms with E-state index in [2.05, 4.69) is 19.0 Å². The van der Waals surface area contributed by atoms with E-state index in [0.29, 0.717) is 0 Å². The summed E-state index contributed by atoms with van der Waals surface area (Å²) in [5.41, 5.74) is 0. The molecule has 0 radical (unpaired) electrons. The van der Waals surface area contributed by atoms with E-state index in [-0.39, 0.29) is 0 Å². The van der Waals surface area contributed by atoms with Gasteiger partial charge in [0.15, 0.2) is 0 Å². The van der Waals surface area contributed by atoms with Gasteiger partial charge in [-0.15, -0.1) is 0 Å². The topological polar surface area (TPSA) is 0 Å². The summed E-state index contributed by atoms with van der Waals surface area (Å²) in [6.45, 7) is 3.21. The van der Waals surface area contributed by atoms with Crippen molar-refractivity contribution in [2.45, 2.75) is 19.5 Å². The standard InChI is InChI=1S/C5H9B/c1-6-4-2-3-5-6/h2-3H,4-5H2,1H3. The highest BCUT2D eigenvalue weighted by molar-refractivity contribution is 6.59. The molecule has 0 spiro atoms. The molecule has 0 fully saturated rings. The maximum Gasteiger partial charge on any atom is 0.144 e. The maximum absolute atomic E-state index is 2.28. The lowest BCUT2D eigenvalue weighted by Gasteiger charge is -1.85. The van der Waals surface area contributed by atoms with E-state index in [1.54, 1.807) is 0 Å². The Labute approximate surface area is 39.3 Å². The minimum Gasteiger partial charge on any atom is -0.0964 e. The fourth-order valence-electron chi connectivity index (χ4n) is 0.753. The third-order valence-corrected chi connectivity index (χ3v) is 1.24. The van der Waals surface area contributed by atoms with E-state index in [4.69, 9.17) is 0 Å². The van der Waals surface area contributed by atoms with E-state index in [9.17, 15) is 0 Å². The van der Waals surface area contributed by atoms with E-state index < -0.39 is 0 Å². The van der Waals surface area contributed by atoms with Crippen molar-refractivity contribution in [2.75, 3.05) is 0 Å². The van der Waals surface area contributed by atoms with Gasteiger partial charge in [0.05, 0.1) is 0 Å². The highest BCUT2D eigenvalue weighted by atomic mass is 13.8. The Morgan fingerprint density at radius 1 is 1.33 bits per heavy atom. The predicted molar refractivity (Wildman–Crippen MR) is 30.4 cm³/mol. The van der Waals surface area contributed by atoms with Crippen molar-refractivity contribution in [3.63, 3.8) is 0 Å². The monoisotopic (exact) mass is 80.1 g/mol. The summed E-state index contributed by atoms with van der Waals surface area (Å²) >= 11 is 0. The van der Waals surface area contributed by atoms with Crippen molar-refractivity contribution in [2.24, 2.45) is 0 Å². The zero-order valence-electron chi connectivity index (χ0n) is 4.15. The van der Waals surface area contributed by atoms with Gasteiger partial charge in [0.2, 0.25) is 0 Å². The van der Waals surface area contributed by atoms with Gasteiger partial charge in [-0.05, 0) is 0 Å². The summed E-state index contributed by atoms with van der Waals surface area (Å²) in [7, 11) is 0. The highest BCUT2D eigenvalue weighted by Crippen LogP contribution is 2.08. The zero-order chi connectivity index (χ0) is 4.41. The Kier molecular flexibility index (Phi) is 0.996. The van der Waals surface area contributed by atoms with Gasteiger partial charge < -0.3 is 0 Å². The average Bonchev–Trinajstić information content (AvgIpc) is 1.86. The Hall–Kier alpha value is -0.195. The van der Waals surface area contributed by atoms with Crippen molar-refractivity contribution < 1.29 is 0 Å². The normalized spacial score (nSPS) is 19.8.